The fourth-order valence-corrected chi connectivity index (χ4v) is 3.70. The summed E-state index contributed by atoms with van der Waals surface area (Å²) in [6.45, 7) is 3.97. The predicted octanol–water partition coefficient (Wildman–Crippen LogP) is 3.09. The van der Waals surface area contributed by atoms with E-state index in [2.05, 4.69) is 38.7 Å². The highest BCUT2D eigenvalue weighted by atomic mass is 79.9. The van der Waals surface area contributed by atoms with Gasteiger partial charge in [0.1, 0.15) is 4.90 Å². The number of hydrazone groups is 1. The zero-order valence-electron chi connectivity index (χ0n) is 14.6. The van der Waals surface area contributed by atoms with Gasteiger partial charge in [0.15, 0.2) is 16.6 Å². The summed E-state index contributed by atoms with van der Waals surface area (Å²) < 4.78 is 36.4. The third kappa shape index (κ3) is 5.91. The highest BCUT2D eigenvalue weighted by Gasteiger charge is 2.22. The smallest absolute Gasteiger partial charge is 0.339 e. The van der Waals surface area contributed by atoms with Gasteiger partial charge in [-0.2, -0.15) is 13.5 Å². The highest BCUT2D eigenvalue weighted by molar-refractivity contribution is 9.10. The van der Waals surface area contributed by atoms with Crippen molar-refractivity contribution in [3.8, 4) is 11.5 Å². The number of hydrogen-bond donors (Lipinski definition) is 2. The molecule has 0 radical (unpaired) electrons. The van der Waals surface area contributed by atoms with Crippen LogP contribution in [0.5, 0.6) is 11.5 Å². The van der Waals surface area contributed by atoms with Crippen LogP contribution in [-0.2, 0) is 10.1 Å². The molecular weight excluding hydrogens is 454 g/mol. The van der Waals surface area contributed by atoms with Crippen LogP contribution in [0.2, 0.25) is 0 Å². The van der Waals surface area contributed by atoms with Crippen molar-refractivity contribution < 1.29 is 17.3 Å². The summed E-state index contributed by atoms with van der Waals surface area (Å²) in [5.74, 6) is 0.302. The first-order chi connectivity index (χ1) is 12.7. The second kappa shape index (κ2) is 9.16. The maximum Gasteiger partial charge on any atom is 0.339 e. The minimum absolute atomic E-state index is 0.0273. The fourth-order valence-electron chi connectivity index (χ4n) is 2.04. The van der Waals surface area contributed by atoms with Crippen molar-refractivity contribution in [3.05, 3.63) is 52.0 Å². The number of thiocarbonyl (C=S) groups is 1. The lowest BCUT2D eigenvalue weighted by molar-refractivity contribution is 0.327. The maximum atomic E-state index is 12.6. The average Bonchev–Trinajstić information content (AvgIpc) is 2.58. The van der Waals surface area contributed by atoms with Crippen molar-refractivity contribution in [2.24, 2.45) is 10.8 Å². The van der Waals surface area contributed by atoms with Crippen molar-refractivity contribution >= 4 is 49.6 Å². The molecule has 2 aromatic rings. The topological polar surface area (TPSA) is 103 Å². The first-order valence-electron chi connectivity index (χ1n) is 7.79. The van der Waals surface area contributed by atoms with Gasteiger partial charge in [0, 0.05) is 0 Å². The molecule has 0 amide bonds. The van der Waals surface area contributed by atoms with Crippen LogP contribution < -0.4 is 20.1 Å². The Hall–Kier alpha value is -2.17. The summed E-state index contributed by atoms with van der Waals surface area (Å²) in [7, 11) is -4.02. The summed E-state index contributed by atoms with van der Waals surface area (Å²) in [5.41, 5.74) is 9.31. The summed E-state index contributed by atoms with van der Waals surface area (Å²) in [5, 5.41) is 3.89. The van der Waals surface area contributed by atoms with Gasteiger partial charge in [0.2, 0.25) is 0 Å². The molecule has 0 aromatic heterocycles. The number of ether oxygens (including phenoxy) is 1. The Bertz CT molecular complexity index is 961. The number of halogens is 1. The Morgan fingerprint density at radius 2 is 2.00 bits per heavy atom. The van der Waals surface area contributed by atoms with Crippen molar-refractivity contribution in [2.45, 2.75) is 18.7 Å². The second-order valence-corrected chi connectivity index (χ2v) is 8.19. The van der Waals surface area contributed by atoms with Gasteiger partial charge in [0.25, 0.3) is 0 Å². The third-order valence-corrected chi connectivity index (χ3v) is 5.14. The van der Waals surface area contributed by atoms with Crippen molar-refractivity contribution in [1.82, 2.24) is 5.43 Å². The van der Waals surface area contributed by atoms with Gasteiger partial charge in [-0.15, -0.1) is 0 Å². The van der Waals surface area contributed by atoms with E-state index in [1.54, 1.807) is 31.2 Å². The van der Waals surface area contributed by atoms with E-state index in [0.717, 1.165) is 5.56 Å². The summed E-state index contributed by atoms with van der Waals surface area (Å²) >= 11 is 7.99. The molecule has 27 heavy (non-hydrogen) atoms. The quantitative estimate of drug-likeness (QED) is 0.276. The van der Waals surface area contributed by atoms with Crippen molar-refractivity contribution in [1.29, 1.82) is 0 Å². The molecule has 0 bridgehead atoms. The Morgan fingerprint density at radius 1 is 1.33 bits per heavy atom. The molecule has 2 aromatic carbocycles. The monoisotopic (exact) mass is 471 g/mol. The fraction of sp³-hybridized carbons (Fsp3) is 0.176. The molecule has 0 aliphatic carbocycles. The van der Waals surface area contributed by atoms with E-state index >= 15 is 0 Å². The molecule has 10 heteroatoms. The summed E-state index contributed by atoms with van der Waals surface area (Å²) in [6, 6.07) is 9.60. The molecule has 2 rings (SSSR count). The summed E-state index contributed by atoms with van der Waals surface area (Å²) in [4.78, 5) is 0.0498. The molecule has 0 aliphatic heterocycles. The molecule has 0 unspecified atom stereocenters. The van der Waals surface area contributed by atoms with E-state index in [0.29, 0.717) is 16.6 Å². The van der Waals surface area contributed by atoms with E-state index in [9.17, 15) is 8.42 Å². The van der Waals surface area contributed by atoms with Crippen LogP contribution in [-0.4, -0.2) is 26.4 Å². The highest BCUT2D eigenvalue weighted by Crippen LogP contribution is 2.38. The van der Waals surface area contributed by atoms with Gasteiger partial charge in [0.05, 0.1) is 17.3 Å². The predicted molar refractivity (Wildman–Crippen MR) is 112 cm³/mol. The molecule has 0 heterocycles. The first kappa shape index (κ1) is 21.1. The molecule has 3 N–H and O–H groups in total. The number of nitrogens with two attached hydrogens (primary N) is 1. The van der Waals surface area contributed by atoms with Gasteiger partial charge in [-0.3, -0.25) is 5.43 Å². The first-order valence-corrected chi connectivity index (χ1v) is 10.4. The Kier molecular flexibility index (Phi) is 7.17. The van der Waals surface area contributed by atoms with E-state index < -0.39 is 10.1 Å². The number of benzene rings is 2. The largest absolute Gasteiger partial charge is 0.490 e. The molecule has 0 saturated carbocycles. The summed E-state index contributed by atoms with van der Waals surface area (Å²) in [6.07, 6.45) is 1.46. The van der Waals surface area contributed by atoms with Crippen LogP contribution in [0, 0.1) is 6.92 Å². The molecule has 0 fully saturated rings. The van der Waals surface area contributed by atoms with Crippen LogP contribution >= 0.6 is 28.1 Å². The Labute approximate surface area is 171 Å². The van der Waals surface area contributed by atoms with Crippen LogP contribution in [0.25, 0.3) is 0 Å². The minimum Gasteiger partial charge on any atom is -0.490 e. The third-order valence-electron chi connectivity index (χ3n) is 3.22. The lowest BCUT2D eigenvalue weighted by atomic mass is 10.2. The zero-order valence-corrected chi connectivity index (χ0v) is 17.8. The van der Waals surface area contributed by atoms with Gasteiger partial charge < -0.3 is 14.7 Å². The van der Waals surface area contributed by atoms with Crippen LogP contribution in [0.15, 0.2) is 50.9 Å². The van der Waals surface area contributed by atoms with Crippen LogP contribution in [0.1, 0.15) is 18.1 Å². The SMILES string of the molecule is CCOc1cc(/C=N\NC(N)=S)cc(Br)c1OS(=O)(=O)c1ccc(C)cc1. The molecule has 0 atom stereocenters. The van der Waals surface area contributed by atoms with Gasteiger partial charge in [-0.05, 0) is 71.8 Å². The molecular formula is C17H18BrN3O4S2. The van der Waals surface area contributed by atoms with E-state index in [1.165, 1.54) is 18.3 Å². The number of nitrogens with one attached hydrogen (secondary N) is 1. The maximum absolute atomic E-state index is 12.6. The molecule has 144 valence electrons. The van der Waals surface area contributed by atoms with Gasteiger partial charge >= 0.3 is 10.1 Å². The van der Waals surface area contributed by atoms with Gasteiger partial charge in [-0.25, -0.2) is 0 Å². The lowest BCUT2D eigenvalue weighted by Gasteiger charge is -2.14. The Morgan fingerprint density at radius 3 is 2.59 bits per heavy atom. The lowest BCUT2D eigenvalue weighted by Crippen LogP contribution is -2.24. The number of hydrogen-bond acceptors (Lipinski definition) is 6. The van der Waals surface area contributed by atoms with Crippen molar-refractivity contribution in [2.75, 3.05) is 6.61 Å². The zero-order chi connectivity index (χ0) is 20.0. The van der Waals surface area contributed by atoms with E-state index in [-0.39, 0.29) is 21.5 Å². The number of rotatable bonds is 7. The van der Waals surface area contributed by atoms with Crippen molar-refractivity contribution in [3.63, 3.8) is 0 Å². The molecule has 0 aliphatic rings. The minimum atomic E-state index is -4.02. The van der Waals surface area contributed by atoms with E-state index in [4.69, 9.17) is 14.7 Å². The number of nitrogens with zero attached hydrogens (tertiary/aromatic N) is 1. The average molecular weight is 472 g/mol. The molecule has 7 nitrogen and oxygen atoms in total. The molecule has 0 spiro atoms. The van der Waals surface area contributed by atoms with Crippen LogP contribution in [0.3, 0.4) is 0 Å². The number of aryl methyl sites for hydroxylation is 1. The Balaban J connectivity index is 2.38. The van der Waals surface area contributed by atoms with Crippen LogP contribution in [0.4, 0.5) is 0 Å². The molecule has 0 saturated heterocycles. The second-order valence-electron chi connectivity index (χ2n) is 5.35. The standard InChI is InChI=1S/C17H18BrN3O4S2/c1-3-24-15-9-12(10-20-21-17(19)26)8-14(18)16(15)25-27(22,23)13-6-4-11(2)5-7-13/h4-10H,3H2,1-2H3,(H3,19,21,26)/b20-10-. The normalized spacial score (nSPS) is 11.4. The van der Waals surface area contributed by atoms with E-state index in [1.807, 2.05) is 6.92 Å². The van der Waals surface area contributed by atoms with Gasteiger partial charge in [-0.1, -0.05) is 17.7 Å².